The Balaban J connectivity index is 1.95. The Morgan fingerprint density at radius 2 is 1.16 bits per heavy atom. The Bertz CT molecular complexity index is 1140. The van der Waals surface area contributed by atoms with Crippen molar-refractivity contribution in [3.63, 3.8) is 0 Å². The molecule has 4 aromatic rings. The van der Waals surface area contributed by atoms with E-state index in [9.17, 15) is 0 Å². The molecule has 0 saturated heterocycles. The zero-order valence-corrected chi connectivity index (χ0v) is 18.4. The van der Waals surface area contributed by atoms with Gasteiger partial charge in [0.2, 0.25) is 0 Å². The molecule has 0 amide bonds. The fourth-order valence-electron chi connectivity index (χ4n) is 3.97. The van der Waals surface area contributed by atoms with Gasteiger partial charge in [-0.25, -0.2) is 0 Å². The fraction of sp³-hybridized carbons (Fsp3) is 0.0714. The molecule has 0 aliphatic rings. The third-order valence-corrected chi connectivity index (χ3v) is 9.02. The number of methoxy groups -OCH3 is 1. The van der Waals surface area contributed by atoms with Crippen molar-refractivity contribution < 1.29 is 9.30 Å². The van der Waals surface area contributed by atoms with Gasteiger partial charge in [0.25, 0.3) is 0 Å². The zero-order valence-electron chi connectivity index (χ0n) is 17.5. The minimum Gasteiger partial charge on any atom is -0.497 e. The summed E-state index contributed by atoms with van der Waals surface area (Å²) in [7, 11) is -1.48. The topological polar surface area (TPSA) is 26.3 Å². The molecule has 2 nitrogen and oxygen atoms in total. The van der Waals surface area contributed by atoms with E-state index >= 15 is 4.57 Å². The van der Waals surface area contributed by atoms with Crippen LogP contribution in [-0.2, 0) is 4.57 Å². The fourth-order valence-corrected chi connectivity index (χ4v) is 7.28. The van der Waals surface area contributed by atoms with Gasteiger partial charge in [-0.05, 0) is 28.8 Å². The summed E-state index contributed by atoms with van der Waals surface area (Å²) in [5, 5.41) is 1.65. The van der Waals surface area contributed by atoms with Crippen LogP contribution in [0.2, 0.25) is 0 Å². The lowest BCUT2D eigenvalue weighted by molar-refractivity contribution is 0.415. The molecule has 4 rings (SSSR count). The molecule has 0 radical (unpaired) electrons. The molecular formula is C28H25O2P. The van der Waals surface area contributed by atoms with Crippen molar-refractivity contribution in [3.05, 3.63) is 133 Å². The summed E-state index contributed by atoms with van der Waals surface area (Å²) >= 11 is 0. The van der Waals surface area contributed by atoms with Crippen LogP contribution in [0.5, 0.6) is 5.75 Å². The maximum atomic E-state index is 15.2. The van der Waals surface area contributed by atoms with Gasteiger partial charge >= 0.3 is 0 Å². The zero-order chi connectivity index (χ0) is 21.7. The van der Waals surface area contributed by atoms with Crippen molar-refractivity contribution in [2.75, 3.05) is 7.11 Å². The molecule has 0 spiro atoms. The summed E-state index contributed by atoms with van der Waals surface area (Å²) in [4.78, 5) is 0. The van der Waals surface area contributed by atoms with Crippen LogP contribution in [0.3, 0.4) is 0 Å². The van der Waals surface area contributed by atoms with Crippen molar-refractivity contribution >= 4 is 23.3 Å². The number of hydrogen-bond donors (Lipinski definition) is 0. The monoisotopic (exact) mass is 424 g/mol. The van der Waals surface area contributed by atoms with Crippen molar-refractivity contribution in [1.82, 2.24) is 0 Å². The van der Waals surface area contributed by atoms with E-state index in [2.05, 4.69) is 6.58 Å². The quantitative estimate of drug-likeness (QED) is 0.318. The highest BCUT2D eigenvalue weighted by molar-refractivity contribution is 7.79. The summed E-state index contributed by atoms with van der Waals surface area (Å²) < 4.78 is 20.5. The number of rotatable bonds is 7. The van der Waals surface area contributed by atoms with Gasteiger partial charge in [0, 0.05) is 10.6 Å². The molecule has 0 saturated carbocycles. The van der Waals surface area contributed by atoms with E-state index in [1.165, 1.54) is 0 Å². The van der Waals surface area contributed by atoms with Crippen LogP contribution in [0.15, 0.2) is 122 Å². The summed E-state index contributed by atoms with van der Waals surface area (Å²) in [5.41, 5.74) is 2.36. The lowest BCUT2D eigenvalue weighted by Gasteiger charge is -2.31. The van der Waals surface area contributed by atoms with Crippen molar-refractivity contribution in [1.29, 1.82) is 0 Å². The number of allylic oxidation sites excluding steroid dienone is 1. The predicted molar refractivity (Wildman–Crippen MR) is 131 cm³/mol. The van der Waals surface area contributed by atoms with Gasteiger partial charge in [0.1, 0.15) is 5.75 Å². The van der Waals surface area contributed by atoms with E-state index in [-0.39, 0.29) is 0 Å². The average molecular weight is 424 g/mol. The second-order valence-corrected chi connectivity index (χ2v) is 10.3. The first kappa shape index (κ1) is 20.9. The van der Waals surface area contributed by atoms with Gasteiger partial charge in [-0.3, -0.25) is 0 Å². The Kier molecular flexibility index (Phi) is 6.21. The van der Waals surface area contributed by atoms with E-state index in [0.717, 1.165) is 33.1 Å². The Hall–Kier alpha value is -3.35. The minimum absolute atomic E-state index is 0.396. The van der Waals surface area contributed by atoms with Gasteiger partial charge < -0.3 is 9.30 Å². The molecule has 0 bridgehead atoms. The van der Waals surface area contributed by atoms with Crippen molar-refractivity contribution in [2.24, 2.45) is 0 Å². The molecule has 0 N–H and O–H groups in total. The van der Waals surface area contributed by atoms with Crippen LogP contribution in [0.4, 0.5) is 0 Å². The standard InChI is InChI=1S/C28H25O2P/c1-22(23-18-20-25(30-2)21-19-23)28(24-12-6-3-7-13-24)31(29,26-14-8-4-9-15-26)27-16-10-5-11-17-27/h3-21,28H,1H2,2H3/t28-/m1/s1. The normalized spacial score (nSPS) is 12.2. The average Bonchev–Trinajstić information content (AvgIpc) is 2.85. The Morgan fingerprint density at radius 3 is 1.61 bits per heavy atom. The summed E-state index contributed by atoms with van der Waals surface area (Å²) in [5.74, 6) is 0.780. The Morgan fingerprint density at radius 1 is 0.710 bits per heavy atom. The number of ether oxygens (including phenoxy) is 1. The largest absolute Gasteiger partial charge is 0.497 e. The predicted octanol–water partition coefficient (Wildman–Crippen LogP) is 6.46. The summed E-state index contributed by atoms with van der Waals surface area (Å²) in [6.07, 6.45) is 0. The van der Waals surface area contributed by atoms with Gasteiger partial charge in [-0.15, -0.1) is 0 Å². The molecule has 3 heteroatoms. The summed E-state index contributed by atoms with van der Waals surface area (Å²) in [6, 6.07) is 37.4. The first-order valence-corrected chi connectivity index (χ1v) is 12.0. The van der Waals surface area contributed by atoms with Gasteiger partial charge in [-0.1, -0.05) is 110 Å². The van der Waals surface area contributed by atoms with Gasteiger partial charge in [-0.2, -0.15) is 0 Å². The lowest BCUT2D eigenvalue weighted by atomic mass is 9.99. The van der Waals surface area contributed by atoms with Crippen LogP contribution in [0.25, 0.3) is 5.57 Å². The molecule has 0 fully saturated rings. The summed E-state index contributed by atoms with van der Waals surface area (Å²) in [6.45, 7) is 4.46. The molecule has 31 heavy (non-hydrogen) atoms. The van der Waals surface area contributed by atoms with Crippen molar-refractivity contribution in [2.45, 2.75) is 5.66 Å². The number of benzene rings is 4. The third kappa shape index (κ3) is 4.13. The van der Waals surface area contributed by atoms with E-state index < -0.39 is 12.8 Å². The molecule has 0 aromatic heterocycles. The molecular weight excluding hydrogens is 399 g/mol. The highest BCUT2D eigenvalue weighted by Crippen LogP contribution is 2.61. The minimum atomic E-state index is -3.13. The van der Waals surface area contributed by atoms with E-state index in [1.54, 1.807) is 7.11 Å². The molecule has 0 unspecified atom stereocenters. The first-order valence-electron chi connectivity index (χ1n) is 10.2. The highest BCUT2D eigenvalue weighted by Gasteiger charge is 2.39. The maximum Gasteiger partial charge on any atom is 0.154 e. The van der Waals surface area contributed by atoms with E-state index in [0.29, 0.717) is 0 Å². The number of hydrogen-bond acceptors (Lipinski definition) is 2. The van der Waals surface area contributed by atoms with Crippen LogP contribution in [0.1, 0.15) is 16.8 Å². The molecule has 4 aromatic carbocycles. The second-order valence-electron chi connectivity index (χ2n) is 7.40. The van der Waals surface area contributed by atoms with Gasteiger partial charge in [0.15, 0.2) is 7.14 Å². The van der Waals surface area contributed by atoms with Crippen molar-refractivity contribution in [3.8, 4) is 5.75 Å². The van der Waals surface area contributed by atoms with Crippen LogP contribution in [-0.4, -0.2) is 7.11 Å². The third-order valence-electron chi connectivity index (χ3n) is 5.55. The van der Waals surface area contributed by atoms with E-state index in [4.69, 9.17) is 4.74 Å². The molecule has 154 valence electrons. The smallest absolute Gasteiger partial charge is 0.154 e. The Labute approximate surface area is 184 Å². The molecule has 1 atom stereocenters. The molecule has 0 aliphatic heterocycles. The second kappa shape index (κ2) is 9.20. The SMILES string of the molecule is C=C(c1ccc(OC)cc1)[C@H](c1ccccc1)P(=O)(c1ccccc1)c1ccccc1. The highest BCUT2D eigenvalue weighted by atomic mass is 31.2. The van der Waals surface area contributed by atoms with Crippen LogP contribution < -0.4 is 15.3 Å². The molecule has 0 aliphatic carbocycles. The first-order chi connectivity index (χ1) is 15.1. The van der Waals surface area contributed by atoms with E-state index in [1.807, 2.05) is 115 Å². The molecule has 0 heterocycles. The van der Waals surface area contributed by atoms with Gasteiger partial charge in [0.05, 0.1) is 12.8 Å². The van der Waals surface area contributed by atoms with Crippen LogP contribution >= 0.6 is 7.14 Å². The van der Waals surface area contributed by atoms with Crippen LogP contribution in [0, 0.1) is 0 Å². The maximum absolute atomic E-state index is 15.2. The lowest BCUT2D eigenvalue weighted by Crippen LogP contribution is -2.22.